The molecule has 0 fully saturated rings. The van der Waals surface area contributed by atoms with E-state index in [1.807, 2.05) is 87.5 Å². The van der Waals surface area contributed by atoms with Crippen LogP contribution < -0.4 is 0 Å². The third-order valence-electron chi connectivity index (χ3n) is 11.0. The van der Waals surface area contributed by atoms with Gasteiger partial charge in [0, 0.05) is 44.0 Å². The van der Waals surface area contributed by atoms with Gasteiger partial charge in [0.05, 0.1) is 27.8 Å². The molecule has 0 aliphatic heterocycles. The maximum atomic E-state index is 12.0. The number of phenolic OH excluding ortho intramolecular Hbond substituents is 1. The number of nitrogens with zero attached hydrogens (tertiary/aromatic N) is 3. The van der Waals surface area contributed by atoms with E-state index >= 15 is 0 Å². The van der Waals surface area contributed by atoms with E-state index in [2.05, 4.69) is 76.4 Å². The van der Waals surface area contributed by atoms with Gasteiger partial charge in [0.1, 0.15) is 11.6 Å². The van der Waals surface area contributed by atoms with Gasteiger partial charge in [0.2, 0.25) is 0 Å². The van der Waals surface area contributed by atoms with Crippen LogP contribution in [-0.4, -0.2) is 19.6 Å². The molecule has 0 unspecified atom stereocenters. The third kappa shape index (κ3) is 8.28. The van der Waals surface area contributed by atoms with E-state index in [-0.39, 0.29) is 43.2 Å². The van der Waals surface area contributed by atoms with Gasteiger partial charge in [-0.2, -0.15) is 0 Å². The second kappa shape index (κ2) is 16.5. The molecule has 0 saturated heterocycles. The van der Waals surface area contributed by atoms with Crippen LogP contribution in [0.5, 0.6) is 5.75 Å². The van der Waals surface area contributed by atoms with E-state index in [1.54, 1.807) is 12.1 Å². The summed E-state index contributed by atoms with van der Waals surface area (Å²) < 4.78 is 69.5. The maximum absolute atomic E-state index is 12.0. The van der Waals surface area contributed by atoms with E-state index in [9.17, 15) is 5.11 Å². The Hall–Kier alpha value is -5.57. The number of imidazole rings is 1. The topological polar surface area (TPSA) is 50.9 Å². The zero-order valence-corrected chi connectivity index (χ0v) is 37.8. The Morgan fingerprint density at radius 1 is 0.717 bits per heavy atom. The molecule has 6 aromatic carbocycles. The Morgan fingerprint density at radius 3 is 2.10 bits per heavy atom. The van der Waals surface area contributed by atoms with Crippen molar-refractivity contribution in [1.29, 1.82) is 0 Å². The molecule has 0 saturated carbocycles. The van der Waals surface area contributed by atoms with Gasteiger partial charge in [-0.3, -0.25) is 9.55 Å². The van der Waals surface area contributed by atoms with Crippen molar-refractivity contribution in [2.45, 2.75) is 85.9 Å². The molecule has 0 radical (unpaired) electrons. The number of phenols is 1. The van der Waals surface area contributed by atoms with Crippen LogP contribution in [0.2, 0.25) is 0 Å². The number of para-hydroxylation sites is 1. The monoisotopic (exact) mass is 975 g/mol. The minimum Gasteiger partial charge on any atom is -0.507 e. The predicted molar refractivity (Wildman–Crippen MR) is 248 cm³/mol. The third-order valence-corrected chi connectivity index (χ3v) is 11.0. The number of hydrogen-bond acceptors (Lipinski definition) is 3. The van der Waals surface area contributed by atoms with Crippen molar-refractivity contribution in [2.24, 2.45) is 0 Å². The summed E-state index contributed by atoms with van der Waals surface area (Å²) in [4.78, 5) is 10.2. The molecule has 0 aliphatic rings. The molecule has 0 bridgehead atoms. The van der Waals surface area contributed by atoms with Crippen LogP contribution in [0, 0.1) is 19.8 Å². The summed E-state index contributed by atoms with van der Waals surface area (Å²) in [6.45, 7) is 15.6. The average molecular weight is 976 g/mol. The van der Waals surface area contributed by atoms with Crippen LogP contribution in [0.4, 0.5) is 0 Å². The molecule has 306 valence electrons. The Labute approximate surface area is 381 Å². The number of fused-ring (bicyclic) bond motifs is 1. The summed E-state index contributed by atoms with van der Waals surface area (Å²) in [7, 11) is 0. The Balaban J connectivity index is 0.00000684. The molecule has 8 rings (SSSR count). The molecule has 60 heavy (non-hydrogen) atoms. The van der Waals surface area contributed by atoms with E-state index in [4.69, 9.17) is 20.9 Å². The van der Waals surface area contributed by atoms with Crippen LogP contribution in [0.3, 0.4) is 0 Å². The van der Waals surface area contributed by atoms with Crippen LogP contribution in [0.25, 0.3) is 72.7 Å². The van der Waals surface area contributed by atoms with Crippen LogP contribution in [-0.2, 0) is 31.9 Å². The van der Waals surface area contributed by atoms with Gasteiger partial charge < -0.3 is 5.11 Å². The van der Waals surface area contributed by atoms with Crippen LogP contribution in [0.15, 0.2) is 133 Å². The molecular formula is C55H54N3OPt-. The summed E-state index contributed by atoms with van der Waals surface area (Å²) in [5.41, 5.74) is 9.97. The molecule has 0 atom stereocenters. The van der Waals surface area contributed by atoms with Crippen molar-refractivity contribution in [1.82, 2.24) is 14.5 Å². The number of aryl methyl sites for hydroxylation is 1. The summed E-state index contributed by atoms with van der Waals surface area (Å²) in [5.74, 6) is -0.214. The van der Waals surface area contributed by atoms with Crippen LogP contribution >= 0.6 is 0 Å². The molecule has 0 aliphatic carbocycles. The number of hydrogen-bond donors (Lipinski definition) is 1. The minimum absolute atomic E-state index is 0. The number of aromatic nitrogens is 3. The molecule has 4 nitrogen and oxygen atoms in total. The summed E-state index contributed by atoms with van der Waals surface area (Å²) >= 11 is 0. The SMILES string of the molecule is [2H]c1c([2H])c(C([2H])([2H])[2H])c([2H])c([2H])c1-c1ccnc(-c2[c-]c(-c3cccc4c3nc(-c3cc(C(C)(C)C)cc(C)c3O)n4-c3ccc(C([2H])(C)C)cc3-c3ccccc3)cc(C(C)(C)C)c2)c1.[Pt]. The largest absolute Gasteiger partial charge is 0.507 e. The molecule has 5 heteroatoms. The van der Waals surface area contributed by atoms with Crippen molar-refractivity contribution in [2.75, 3.05) is 0 Å². The maximum Gasteiger partial charge on any atom is 0.148 e. The minimum atomic E-state index is -2.83. The average Bonchev–Trinajstić information content (AvgIpc) is 3.65. The molecule has 2 heterocycles. The number of aromatic hydroxyl groups is 1. The van der Waals surface area contributed by atoms with Crippen molar-refractivity contribution < 1.29 is 37.1 Å². The summed E-state index contributed by atoms with van der Waals surface area (Å²) in [6, 6.07) is 35.2. The van der Waals surface area contributed by atoms with Crippen molar-refractivity contribution in [3.63, 3.8) is 0 Å². The fraction of sp³-hybridized carbons (Fsp3) is 0.236. The summed E-state index contributed by atoms with van der Waals surface area (Å²) in [5, 5.41) is 12.0. The van der Waals surface area contributed by atoms with Gasteiger partial charge in [-0.1, -0.05) is 157 Å². The Bertz CT molecular complexity index is 3220. The Morgan fingerprint density at radius 2 is 1.42 bits per heavy atom. The second-order valence-electron chi connectivity index (χ2n) is 17.6. The molecular weight excluding hydrogens is 914 g/mol. The van der Waals surface area contributed by atoms with Gasteiger partial charge in [-0.05, 0) is 94.2 Å². The zero-order valence-electron chi connectivity index (χ0n) is 43.5. The summed E-state index contributed by atoms with van der Waals surface area (Å²) in [6.07, 6.45) is 1.54. The van der Waals surface area contributed by atoms with Crippen molar-refractivity contribution >= 4 is 11.0 Å². The first-order chi connectivity index (χ1) is 31.3. The molecule has 0 spiro atoms. The fourth-order valence-corrected chi connectivity index (χ4v) is 7.49. The number of rotatable bonds is 7. The van der Waals surface area contributed by atoms with Crippen LogP contribution in [0.1, 0.15) is 100 Å². The van der Waals surface area contributed by atoms with Crippen molar-refractivity contribution in [3.8, 4) is 67.5 Å². The zero-order chi connectivity index (χ0) is 48.7. The normalized spacial score (nSPS) is 14.2. The first-order valence-electron chi connectivity index (χ1n) is 24.0. The smallest absolute Gasteiger partial charge is 0.148 e. The Kier molecular flexibility index (Phi) is 9.11. The van der Waals surface area contributed by atoms with Gasteiger partial charge in [-0.15, -0.1) is 29.3 Å². The predicted octanol–water partition coefficient (Wildman–Crippen LogP) is 14.6. The molecule has 8 aromatic rings. The molecule has 2 aromatic heterocycles. The van der Waals surface area contributed by atoms with Gasteiger partial charge in [0.15, 0.2) is 0 Å². The first kappa shape index (κ1) is 33.2. The van der Waals surface area contributed by atoms with E-state index in [0.717, 1.165) is 55.7 Å². The standard InChI is InChI=1S/C55H54N3O.Pt/c1-34(2)39-23-24-49(46(31-39)38-15-12-11-13-16-38)58-50-18-14-17-45(51(50)57-53(58)47-33-43(54(5,6)7)27-36(4)52(47)59)41-28-42(30-44(29-41)55(8,9)10)48-32-40(25-26-56-48)37-21-19-35(3)20-22-37;/h11-27,29-34,59H,1-10H3;/q-1;/i3D3,19D,20D,21D,22D,34D;. The van der Waals surface area contributed by atoms with E-state index in [1.165, 1.54) is 6.20 Å². The first-order valence-corrected chi connectivity index (χ1v) is 20.0. The fourth-order valence-electron chi connectivity index (χ4n) is 7.49. The van der Waals surface area contributed by atoms with E-state index in [0.29, 0.717) is 33.7 Å². The number of pyridine rings is 1. The quantitative estimate of drug-likeness (QED) is 0.162. The molecule has 1 N–H and O–H groups in total. The van der Waals surface area contributed by atoms with Gasteiger partial charge in [-0.25, -0.2) is 4.98 Å². The number of benzene rings is 6. The van der Waals surface area contributed by atoms with Gasteiger partial charge in [0.25, 0.3) is 0 Å². The second-order valence-corrected chi connectivity index (χ2v) is 17.6. The van der Waals surface area contributed by atoms with Gasteiger partial charge >= 0.3 is 0 Å². The van der Waals surface area contributed by atoms with Crippen molar-refractivity contribution in [3.05, 3.63) is 167 Å². The van der Waals surface area contributed by atoms with E-state index < -0.39 is 42.5 Å². The molecule has 0 amide bonds.